The minimum Gasteiger partial charge on any atom is -0.336 e. The van der Waals surface area contributed by atoms with Gasteiger partial charge in [0, 0.05) is 69.5 Å². The Bertz CT molecular complexity index is 801. The van der Waals surface area contributed by atoms with Crippen molar-refractivity contribution in [1.29, 1.82) is 0 Å². The van der Waals surface area contributed by atoms with Crippen molar-refractivity contribution >= 4 is 17.6 Å². The number of nitrogens with one attached hydrogen (secondary N) is 1. The van der Waals surface area contributed by atoms with Gasteiger partial charge in [-0.1, -0.05) is 6.07 Å². The van der Waals surface area contributed by atoms with Crippen LogP contribution in [0.1, 0.15) is 15.9 Å². The Labute approximate surface area is 158 Å². The van der Waals surface area contributed by atoms with Gasteiger partial charge < -0.3 is 10.2 Å². The van der Waals surface area contributed by atoms with Crippen LogP contribution in [0, 0.1) is 0 Å². The van der Waals surface area contributed by atoms with Crippen molar-refractivity contribution in [1.82, 2.24) is 20.1 Å². The summed E-state index contributed by atoms with van der Waals surface area (Å²) >= 11 is 0. The molecular weight excluding hydrogens is 342 g/mol. The van der Waals surface area contributed by atoms with Crippen LogP contribution in [0.25, 0.3) is 0 Å². The minimum atomic E-state index is -0.0844. The van der Waals surface area contributed by atoms with Crippen molar-refractivity contribution in [3.63, 3.8) is 0 Å². The fourth-order valence-corrected chi connectivity index (χ4v) is 3.54. The minimum absolute atomic E-state index is 0.0495. The number of hydrogen-bond donors (Lipinski definition) is 1. The number of benzene rings is 1. The van der Waals surface area contributed by atoms with Gasteiger partial charge in [-0.15, -0.1) is 0 Å². The molecule has 0 atom stereocenters. The molecule has 0 unspecified atom stereocenters. The Morgan fingerprint density at radius 3 is 2.44 bits per heavy atom. The average molecular weight is 365 g/mol. The lowest BCUT2D eigenvalue weighted by Crippen LogP contribution is -2.48. The summed E-state index contributed by atoms with van der Waals surface area (Å²) in [5, 5.41) is 2.78. The molecule has 4 rings (SSSR count). The van der Waals surface area contributed by atoms with Gasteiger partial charge in [0.05, 0.1) is 0 Å². The van der Waals surface area contributed by atoms with Crippen molar-refractivity contribution in [2.24, 2.45) is 0 Å². The third kappa shape index (κ3) is 3.93. The van der Waals surface area contributed by atoms with E-state index in [9.17, 15) is 9.59 Å². The number of rotatable bonds is 4. The van der Waals surface area contributed by atoms with Gasteiger partial charge in [-0.05, 0) is 35.9 Å². The summed E-state index contributed by atoms with van der Waals surface area (Å²) in [5.41, 5.74) is 2.68. The zero-order chi connectivity index (χ0) is 18.6. The maximum atomic E-state index is 12.8. The maximum absolute atomic E-state index is 12.8. The summed E-state index contributed by atoms with van der Waals surface area (Å²) in [7, 11) is 0. The van der Waals surface area contributed by atoms with E-state index in [-0.39, 0.29) is 11.9 Å². The molecule has 2 aromatic rings. The standard InChI is InChI=1S/C20H23N5O2/c26-19(17-3-5-18(6-4-17)25-9-8-22-20(25)27)24-12-10-23(11-13-24)15-16-2-1-7-21-14-16/h1-7,14H,8-13,15H2,(H,22,27). The molecule has 2 saturated heterocycles. The van der Waals surface area contributed by atoms with E-state index < -0.39 is 0 Å². The van der Waals surface area contributed by atoms with Crippen LogP contribution in [0.4, 0.5) is 10.5 Å². The predicted molar refractivity (Wildman–Crippen MR) is 103 cm³/mol. The Morgan fingerprint density at radius 1 is 1.04 bits per heavy atom. The molecule has 1 aromatic carbocycles. The number of pyridine rings is 1. The van der Waals surface area contributed by atoms with Crippen molar-refractivity contribution in [2.45, 2.75) is 6.54 Å². The first-order chi connectivity index (χ1) is 13.2. The highest BCUT2D eigenvalue weighted by Crippen LogP contribution is 2.19. The molecule has 0 saturated carbocycles. The van der Waals surface area contributed by atoms with Gasteiger partial charge >= 0.3 is 6.03 Å². The molecule has 140 valence electrons. The van der Waals surface area contributed by atoms with Crippen molar-refractivity contribution < 1.29 is 9.59 Å². The van der Waals surface area contributed by atoms with Crippen LogP contribution in [0.3, 0.4) is 0 Å². The molecule has 7 nitrogen and oxygen atoms in total. The van der Waals surface area contributed by atoms with E-state index in [1.807, 2.05) is 41.4 Å². The molecule has 1 aromatic heterocycles. The van der Waals surface area contributed by atoms with E-state index in [0.29, 0.717) is 18.7 Å². The smallest absolute Gasteiger partial charge is 0.321 e. The summed E-state index contributed by atoms with van der Waals surface area (Å²) in [6, 6.07) is 11.3. The number of anilines is 1. The normalized spacial score (nSPS) is 17.9. The average Bonchev–Trinajstić information content (AvgIpc) is 3.15. The van der Waals surface area contributed by atoms with Crippen LogP contribution in [-0.2, 0) is 6.54 Å². The zero-order valence-corrected chi connectivity index (χ0v) is 15.2. The fraction of sp³-hybridized carbons (Fsp3) is 0.350. The van der Waals surface area contributed by atoms with Gasteiger partial charge in [0.15, 0.2) is 0 Å². The Morgan fingerprint density at radius 2 is 1.81 bits per heavy atom. The van der Waals surface area contributed by atoms with Gasteiger partial charge in [0.1, 0.15) is 0 Å². The largest absolute Gasteiger partial charge is 0.336 e. The quantitative estimate of drug-likeness (QED) is 0.893. The first kappa shape index (κ1) is 17.5. The SMILES string of the molecule is O=C(c1ccc(N2CCNC2=O)cc1)N1CCN(Cc2cccnc2)CC1. The van der Waals surface area contributed by atoms with Crippen LogP contribution in [0.2, 0.25) is 0 Å². The third-order valence-corrected chi connectivity index (χ3v) is 5.07. The highest BCUT2D eigenvalue weighted by Gasteiger charge is 2.24. The second kappa shape index (κ2) is 7.75. The Balaban J connectivity index is 1.33. The number of amides is 3. The predicted octanol–water partition coefficient (Wildman–Crippen LogP) is 1.57. The van der Waals surface area contributed by atoms with Gasteiger partial charge in [0.25, 0.3) is 5.91 Å². The second-order valence-electron chi connectivity index (χ2n) is 6.86. The highest BCUT2D eigenvalue weighted by atomic mass is 16.2. The first-order valence-corrected chi connectivity index (χ1v) is 9.27. The lowest BCUT2D eigenvalue weighted by atomic mass is 10.1. The van der Waals surface area contributed by atoms with Gasteiger partial charge in [-0.25, -0.2) is 4.79 Å². The molecule has 0 spiro atoms. The number of carbonyl (C=O) groups is 2. The van der Waals surface area contributed by atoms with E-state index in [1.165, 1.54) is 5.56 Å². The molecule has 2 aliphatic rings. The van der Waals surface area contributed by atoms with Crippen LogP contribution < -0.4 is 10.2 Å². The van der Waals surface area contributed by atoms with Gasteiger partial charge in [-0.2, -0.15) is 0 Å². The first-order valence-electron chi connectivity index (χ1n) is 9.27. The molecule has 0 aliphatic carbocycles. The molecule has 27 heavy (non-hydrogen) atoms. The van der Waals surface area contributed by atoms with Gasteiger partial charge in [0.2, 0.25) is 0 Å². The number of piperazine rings is 1. The topological polar surface area (TPSA) is 68.8 Å². The van der Waals surface area contributed by atoms with E-state index in [4.69, 9.17) is 0 Å². The van der Waals surface area contributed by atoms with Crippen molar-refractivity contribution in [3.05, 3.63) is 59.9 Å². The summed E-state index contributed by atoms with van der Waals surface area (Å²) in [6.45, 7) is 5.32. The lowest BCUT2D eigenvalue weighted by molar-refractivity contribution is 0.0628. The van der Waals surface area contributed by atoms with E-state index in [1.54, 1.807) is 11.1 Å². The number of carbonyl (C=O) groups excluding carboxylic acids is 2. The number of urea groups is 1. The monoisotopic (exact) mass is 365 g/mol. The molecule has 3 heterocycles. The molecule has 3 amide bonds. The molecule has 2 aliphatic heterocycles. The van der Waals surface area contributed by atoms with Crippen LogP contribution in [0.15, 0.2) is 48.8 Å². The molecule has 7 heteroatoms. The van der Waals surface area contributed by atoms with Crippen molar-refractivity contribution in [2.75, 3.05) is 44.2 Å². The molecule has 2 fully saturated rings. The fourth-order valence-electron chi connectivity index (χ4n) is 3.54. The summed E-state index contributed by atoms with van der Waals surface area (Å²) in [5.74, 6) is 0.0495. The van der Waals surface area contributed by atoms with E-state index >= 15 is 0 Å². The third-order valence-electron chi connectivity index (χ3n) is 5.07. The van der Waals surface area contributed by atoms with Gasteiger partial charge in [-0.3, -0.25) is 19.6 Å². The number of nitrogens with zero attached hydrogens (tertiary/aromatic N) is 4. The van der Waals surface area contributed by atoms with Crippen LogP contribution in [-0.4, -0.2) is 66.0 Å². The second-order valence-corrected chi connectivity index (χ2v) is 6.86. The highest BCUT2D eigenvalue weighted by molar-refractivity contribution is 5.97. The maximum Gasteiger partial charge on any atom is 0.321 e. The van der Waals surface area contributed by atoms with Crippen LogP contribution in [0.5, 0.6) is 0 Å². The van der Waals surface area contributed by atoms with E-state index in [2.05, 4.69) is 21.3 Å². The molecular formula is C20H23N5O2. The van der Waals surface area contributed by atoms with Crippen LogP contribution >= 0.6 is 0 Å². The Kier molecular flexibility index (Phi) is 5.02. The summed E-state index contributed by atoms with van der Waals surface area (Å²) < 4.78 is 0. The summed E-state index contributed by atoms with van der Waals surface area (Å²) in [4.78, 5) is 34.6. The Hall–Kier alpha value is -2.93. The van der Waals surface area contributed by atoms with Crippen molar-refractivity contribution in [3.8, 4) is 0 Å². The molecule has 1 N–H and O–H groups in total. The summed E-state index contributed by atoms with van der Waals surface area (Å²) in [6.07, 6.45) is 3.67. The lowest BCUT2D eigenvalue weighted by Gasteiger charge is -2.34. The number of aromatic nitrogens is 1. The van der Waals surface area contributed by atoms with E-state index in [0.717, 1.165) is 38.4 Å². The molecule has 0 radical (unpaired) electrons. The number of hydrogen-bond acceptors (Lipinski definition) is 4. The zero-order valence-electron chi connectivity index (χ0n) is 15.2. The molecule has 0 bridgehead atoms.